The standard InChI is InChI=1S/C14H15FN2O4/c1-8(13(20)16-2)17-14(21)10-7-9(3-5-11(10)15)4-6-12(18)19/h3-8H,1-2H3,(H,16,20)(H,17,21)(H,18,19). The first-order valence-corrected chi connectivity index (χ1v) is 6.08. The van der Waals surface area contributed by atoms with E-state index in [1.807, 2.05) is 0 Å². The smallest absolute Gasteiger partial charge is 0.328 e. The number of likely N-dealkylation sites (N-methyl/N-ethyl adjacent to an activating group) is 1. The third-order valence-corrected chi connectivity index (χ3v) is 2.64. The maximum absolute atomic E-state index is 13.7. The fraction of sp³-hybridized carbons (Fsp3) is 0.214. The lowest BCUT2D eigenvalue weighted by atomic mass is 10.1. The molecule has 0 aliphatic rings. The molecule has 0 fully saturated rings. The van der Waals surface area contributed by atoms with Crippen molar-refractivity contribution in [2.24, 2.45) is 0 Å². The highest BCUT2D eigenvalue weighted by atomic mass is 19.1. The van der Waals surface area contributed by atoms with E-state index in [2.05, 4.69) is 10.6 Å². The summed E-state index contributed by atoms with van der Waals surface area (Å²) < 4.78 is 13.7. The van der Waals surface area contributed by atoms with Gasteiger partial charge in [-0.15, -0.1) is 0 Å². The van der Waals surface area contributed by atoms with Crippen LogP contribution in [-0.4, -0.2) is 36.0 Å². The van der Waals surface area contributed by atoms with Crippen LogP contribution in [0.25, 0.3) is 6.08 Å². The minimum atomic E-state index is -1.15. The second-order valence-electron chi connectivity index (χ2n) is 4.22. The Hall–Kier alpha value is -2.70. The highest BCUT2D eigenvalue weighted by Crippen LogP contribution is 2.12. The predicted molar refractivity (Wildman–Crippen MR) is 74.1 cm³/mol. The summed E-state index contributed by atoms with van der Waals surface area (Å²) in [6, 6.07) is 2.79. The SMILES string of the molecule is CNC(=O)C(C)NC(=O)c1cc(C=CC(=O)O)ccc1F. The molecule has 21 heavy (non-hydrogen) atoms. The van der Waals surface area contributed by atoms with Gasteiger partial charge < -0.3 is 15.7 Å². The molecule has 0 saturated heterocycles. The molecular weight excluding hydrogens is 279 g/mol. The molecule has 0 aliphatic heterocycles. The van der Waals surface area contributed by atoms with Crippen molar-refractivity contribution in [1.82, 2.24) is 10.6 Å². The molecule has 1 atom stereocenters. The van der Waals surface area contributed by atoms with Gasteiger partial charge in [0.25, 0.3) is 5.91 Å². The van der Waals surface area contributed by atoms with Crippen molar-refractivity contribution in [2.75, 3.05) is 7.05 Å². The first-order valence-electron chi connectivity index (χ1n) is 6.08. The Morgan fingerprint density at radius 2 is 2.00 bits per heavy atom. The molecule has 0 bridgehead atoms. The van der Waals surface area contributed by atoms with Gasteiger partial charge in [-0.2, -0.15) is 0 Å². The summed E-state index contributed by atoms with van der Waals surface area (Å²) in [5.74, 6) is -3.08. The number of halogens is 1. The molecule has 1 aromatic rings. The van der Waals surface area contributed by atoms with Crippen LogP contribution in [0, 0.1) is 5.82 Å². The molecule has 3 N–H and O–H groups in total. The summed E-state index contributed by atoms with van der Waals surface area (Å²) >= 11 is 0. The second-order valence-corrected chi connectivity index (χ2v) is 4.22. The quantitative estimate of drug-likeness (QED) is 0.700. The van der Waals surface area contributed by atoms with Crippen molar-refractivity contribution in [3.05, 3.63) is 41.2 Å². The van der Waals surface area contributed by atoms with Crippen LogP contribution in [0.5, 0.6) is 0 Å². The van der Waals surface area contributed by atoms with Gasteiger partial charge in [0, 0.05) is 13.1 Å². The van der Waals surface area contributed by atoms with E-state index in [0.29, 0.717) is 5.56 Å². The van der Waals surface area contributed by atoms with E-state index in [1.54, 1.807) is 0 Å². The van der Waals surface area contributed by atoms with Crippen LogP contribution < -0.4 is 10.6 Å². The van der Waals surface area contributed by atoms with Crippen LogP contribution in [-0.2, 0) is 9.59 Å². The van der Waals surface area contributed by atoms with Gasteiger partial charge in [0.05, 0.1) is 5.56 Å². The lowest BCUT2D eigenvalue weighted by Gasteiger charge is -2.12. The number of hydrogen-bond acceptors (Lipinski definition) is 3. The van der Waals surface area contributed by atoms with Gasteiger partial charge >= 0.3 is 5.97 Å². The van der Waals surface area contributed by atoms with Crippen LogP contribution in [0.3, 0.4) is 0 Å². The van der Waals surface area contributed by atoms with E-state index >= 15 is 0 Å². The molecule has 7 heteroatoms. The van der Waals surface area contributed by atoms with Gasteiger partial charge in [-0.25, -0.2) is 9.18 Å². The van der Waals surface area contributed by atoms with Gasteiger partial charge in [0.2, 0.25) is 5.91 Å². The maximum Gasteiger partial charge on any atom is 0.328 e. The molecule has 0 aliphatic carbocycles. The van der Waals surface area contributed by atoms with Crippen molar-refractivity contribution >= 4 is 23.9 Å². The van der Waals surface area contributed by atoms with E-state index in [1.165, 1.54) is 32.2 Å². The maximum atomic E-state index is 13.7. The topological polar surface area (TPSA) is 95.5 Å². The monoisotopic (exact) mass is 294 g/mol. The van der Waals surface area contributed by atoms with Gasteiger partial charge in [0.1, 0.15) is 11.9 Å². The molecular formula is C14H15FN2O4. The van der Waals surface area contributed by atoms with Crippen LogP contribution in [0.15, 0.2) is 24.3 Å². The van der Waals surface area contributed by atoms with Gasteiger partial charge in [-0.1, -0.05) is 6.07 Å². The van der Waals surface area contributed by atoms with Crippen LogP contribution >= 0.6 is 0 Å². The third kappa shape index (κ3) is 4.72. The summed E-state index contributed by atoms with van der Waals surface area (Å²) in [7, 11) is 1.42. The number of hydrogen-bond donors (Lipinski definition) is 3. The van der Waals surface area contributed by atoms with Gasteiger partial charge in [-0.3, -0.25) is 9.59 Å². The zero-order valence-corrected chi connectivity index (χ0v) is 11.5. The molecule has 0 radical (unpaired) electrons. The highest BCUT2D eigenvalue weighted by molar-refractivity contribution is 5.98. The van der Waals surface area contributed by atoms with Crippen LogP contribution in [0.2, 0.25) is 0 Å². The molecule has 0 heterocycles. The number of carbonyl (C=O) groups excluding carboxylic acids is 2. The Morgan fingerprint density at radius 1 is 1.33 bits per heavy atom. The lowest BCUT2D eigenvalue weighted by Crippen LogP contribution is -2.43. The van der Waals surface area contributed by atoms with E-state index in [9.17, 15) is 18.8 Å². The van der Waals surface area contributed by atoms with Gasteiger partial charge in [-0.05, 0) is 30.7 Å². The number of aliphatic carboxylic acids is 1. The minimum absolute atomic E-state index is 0.265. The number of carboxylic acid groups (broad SMARTS) is 1. The predicted octanol–water partition coefficient (Wildman–Crippen LogP) is 0.788. The molecule has 0 aromatic heterocycles. The fourth-order valence-corrected chi connectivity index (χ4v) is 1.54. The molecule has 6 nitrogen and oxygen atoms in total. The average Bonchev–Trinajstić information content (AvgIpc) is 2.45. The third-order valence-electron chi connectivity index (χ3n) is 2.64. The van der Waals surface area contributed by atoms with E-state index in [4.69, 9.17) is 5.11 Å². The summed E-state index contributed by atoms with van der Waals surface area (Å²) in [6.45, 7) is 1.46. The van der Waals surface area contributed by atoms with Crippen molar-refractivity contribution in [1.29, 1.82) is 0 Å². The Labute approximate surface area is 120 Å². The van der Waals surface area contributed by atoms with Crippen LogP contribution in [0.4, 0.5) is 4.39 Å². The molecule has 1 aromatic carbocycles. The number of carbonyl (C=O) groups is 3. The summed E-state index contributed by atoms with van der Waals surface area (Å²) in [5.41, 5.74) is 0.0924. The number of rotatable bonds is 5. The number of nitrogens with one attached hydrogen (secondary N) is 2. The number of carboxylic acids is 1. The summed E-state index contributed by atoms with van der Waals surface area (Å²) in [5, 5.41) is 13.2. The lowest BCUT2D eigenvalue weighted by molar-refractivity contribution is -0.131. The molecule has 112 valence electrons. The fourth-order valence-electron chi connectivity index (χ4n) is 1.54. The zero-order chi connectivity index (χ0) is 16.0. The molecule has 1 rings (SSSR count). The van der Waals surface area contributed by atoms with Crippen LogP contribution in [0.1, 0.15) is 22.8 Å². The van der Waals surface area contributed by atoms with E-state index in [-0.39, 0.29) is 5.56 Å². The normalized spacial score (nSPS) is 12.0. The average molecular weight is 294 g/mol. The van der Waals surface area contributed by atoms with Crippen molar-refractivity contribution in [3.8, 4) is 0 Å². The summed E-state index contributed by atoms with van der Waals surface area (Å²) in [6.07, 6.45) is 2.11. The van der Waals surface area contributed by atoms with Crippen molar-refractivity contribution in [3.63, 3.8) is 0 Å². The van der Waals surface area contributed by atoms with E-state index in [0.717, 1.165) is 12.1 Å². The molecule has 1 unspecified atom stereocenters. The Balaban J connectivity index is 2.95. The number of benzene rings is 1. The minimum Gasteiger partial charge on any atom is -0.478 e. The Bertz CT molecular complexity index is 599. The molecule has 0 spiro atoms. The summed E-state index contributed by atoms with van der Waals surface area (Å²) in [4.78, 5) is 33.7. The Morgan fingerprint density at radius 3 is 2.57 bits per heavy atom. The molecule has 0 saturated carbocycles. The Kier molecular flexibility index (Phi) is 5.59. The zero-order valence-electron chi connectivity index (χ0n) is 11.5. The largest absolute Gasteiger partial charge is 0.478 e. The van der Waals surface area contributed by atoms with Gasteiger partial charge in [0.15, 0.2) is 0 Å². The number of amides is 2. The van der Waals surface area contributed by atoms with Crippen molar-refractivity contribution < 1.29 is 23.9 Å². The van der Waals surface area contributed by atoms with E-state index < -0.39 is 29.6 Å². The first-order chi connectivity index (χ1) is 9.85. The second kappa shape index (κ2) is 7.18. The first kappa shape index (κ1) is 16.4. The molecule has 2 amide bonds. The van der Waals surface area contributed by atoms with Crippen molar-refractivity contribution in [2.45, 2.75) is 13.0 Å². The highest BCUT2D eigenvalue weighted by Gasteiger charge is 2.18.